The van der Waals surface area contributed by atoms with Crippen molar-refractivity contribution in [3.05, 3.63) is 47.5 Å². The second kappa shape index (κ2) is 6.87. The van der Waals surface area contributed by atoms with E-state index in [9.17, 15) is 9.59 Å². The average Bonchev–Trinajstić information content (AvgIpc) is 3.39. The second-order valence-corrected chi connectivity index (χ2v) is 8.69. The number of carbonyl (C=O) groups excluding carboxylic acids is 2. The van der Waals surface area contributed by atoms with Crippen LogP contribution in [0.15, 0.2) is 47.0 Å². The summed E-state index contributed by atoms with van der Waals surface area (Å²) in [6.45, 7) is 1.44. The molecule has 0 unspecified atom stereocenters. The summed E-state index contributed by atoms with van der Waals surface area (Å²) < 4.78 is 0. The van der Waals surface area contributed by atoms with Gasteiger partial charge in [-0.15, -0.1) is 0 Å². The molecule has 0 aromatic heterocycles. The molecule has 1 saturated carbocycles. The lowest BCUT2D eigenvalue weighted by molar-refractivity contribution is -0.131. The van der Waals surface area contributed by atoms with Crippen LogP contribution in [0.4, 0.5) is 0 Å². The van der Waals surface area contributed by atoms with Crippen LogP contribution in [0, 0.1) is 11.8 Å². The Morgan fingerprint density at radius 1 is 1.21 bits per heavy atom. The predicted octanol–water partition coefficient (Wildman–Crippen LogP) is 3.06. The van der Waals surface area contributed by atoms with Crippen LogP contribution < -0.4 is 5.32 Å². The quantitative estimate of drug-likeness (QED) is 0.823. The Kier molecular flexibility index (Phi) is 4.33. The van der Waals surface area contributed by atoms with E-state index < -0.39 is 5.54 Å². The lowest BCUT2D eigenvalue weighted by Crippen LogP contribution is -2.45. The molecule has 146 valence electrons. The first-order chi connectivity index (χ1) is 13.7. The zero-order valence-electron chi connectivity index (χ0n) is 16.2. The van der Waals surface area contributed by atoms with E-state index in [1.54, 1.807) is 0 Å². The average molecular weight is 377 g/mol. The number of carbonyl (C=O) groups is 2. The summed E-state index contributed by atoms with van der Waals surface area (Å²) in [5, 5.41) is 3.02. The van der Waals surface area contributed by atoms with Crippen molar-refractivity contribution in [1.29, 1.82) is 0 Å². The van der Waals surface area contributed by atoms with Gasteiger partial charge in [-0.3, -0.25) is 14.6 Å². The van der Waals surface area contributed by atoms with Gasteiger partial charge in [0.15, 0.2) is 0 Å². The maximum absolute atomic E-state index is 13.0. The summed E-state index contributed by atoms with van der Waals surface area (Å²) in [7, 11) is 0. The highest BCUT2D eigenvalue weighted by Crippen LogP contribution is 2.49. The Hall–Kier alpha value is -2.43. The number of likely N-dealkylation sites (tertiary alicyclic amines) is 1. The van der Waals surface area contributed by atoms with E-state index in [2.05, 4.69) is 11.4 Å². The highest BCUT2D eigenvalue weighted by atomic mass is 16.2. The van der Waals surface area contributed by atoms with Gasteiger partial charge in [-0.05, 0) is 44.4 Å². The van der Waals surface area contributed by atoms with E-state index in [1.807, 2.05) is 35.2 Å². The minimum Gasteiger partial charge on any atom is -0.342 e. The van der Waals surface area contributed by atoms with Crippen molar-refractivity contribution >= 4 is 17.6 Å². The molecule has 4 aliphatic rings. The Morgan fingerprint density at radius 2 is 2.07 bits per heavy atom. The fourth-order valence-electron chi connectivity index (χ4n) is 5.52. The number of benzene rings is 1. The SMILES string of the molecule is O=C(CC1=CCCCC1)N1C[C@H]2CC[C@@]3(N=C(c4ccccc4)NC3=O)[C@H]2C1. The fourth-order valence-corrected chi connectivity index (χ4v) is 5.52. The van der Waals surface area contributed by atoms with Gasteiger partial charge >= 0.3 is 0 Å². The van der Waals surface area contributed by atoms with E-state index in [4.69, 9.17) is 4.99 Å². The van der Waals surface area contributed by atoms with Crippen molar-refractivity contribution in [3.63, 3.8) is 0 Å². The van der Waals surface area contributed by atoms with Gasteiger partial charge in [0, 0.05) is 31.0 Å². The van der Waals surface area contributed by atoms with E-state index in [-0.39, 0.29) is 17.7 Å². The van der Waals surface area contributed by atoms with Crippen LogP contribution in [-0.4, -0.2) is 41.2 Å². The first-order valence-corrected chi connectivity index (χ1v) is 10.6. The number of nitrogens with one attached hydrogen (secondary N) is 1. The molecule has 0 radical (unpaired) electrons. The number of amides is 2. The van der Waals surface area contributed by atoms with Crippen molar-refractivity contribution in [3.8, 4) is 0 Å². The lowest BCUT2D eigenvalue weighted by Gasteiger charge is -2.26. The standard InChI is InChI=1S/C23H27N3O2/c27-20(13-16-7-3-1-4-8-16)26-14-18-11-12-23(19(18)15-26)22(28)24-21(25-23)17-9-5-2-6-10-17/h2,5-7,9-10,18-19H,1,3-4,8,11-15H2,(H,24,25,28)/t18-,19+,23-/m1/s1. The molecular formula is C23H27N3O2. The Balaban J connectivity index is 1.34. The zero-order chi connectivity index (χ0) is 19.1. The normalized spacial score (nSPS) is 31.6. The molecule has 1 N–H and O–H groups in total. The summed E-state index contributed by atoms with van der Waals surface area (Å²) in [6, 6.07) is 9.84. The third-order valence-corrected chi connectivity index (χ3v) is 7.05. The molecule has 2 aliphatic heterocycles. The van der Waals surface area contributed by atoms with Gasteiger partial charge in [-0.2, -0.15) is 0 Å². The van der Waals surface area contributed by atoms with Crippen molar-refractivity contribution in [2.75, 3.05) is 13.1 Å². The Morgan fingerprint density at radius 3 is 2.86 bits per heavy atom. The molecule has 0 bridgehead atoms. The van der Waals surface area contributed by atoms with Gasteiger partial charge in [0.2, 0.25) is 5.91 Å². The minimum atomic E-state index is -0.686. The molecule has 5 heteroatoms. The summed E-state index contributed by atoms with van der Waals surface area (Å²) in [6.07, 6.45) is 9.17. The molecule has 1 spiro atoms. The summed E-state index contributed by atoms with van der Waals surface area (Å²) in [5.41, 5.74) is 1.56. The predicted molar refractivity (Wildman–Crippen MR) is 108 cm³/mol. The summed E-state index contributed by atoms with van der Waals surface area (Å²) in [4.78, 5) is 32.8. The van der Waals surface area contributed by atoms with Crippen molar-refractivity contribution in [1.82, 2.24) is 10.2 Å². The second-order valence-electron chi connectivity index (χ2n) is 8.69. The van der Waals surface area contributed by atoms with Crippen molar-refractivity contribution in [2.45, 2.75) is 50.5 Å². The van der Waals surface area contributed by atoms with E-state index in [1.165, 1.54) is 18.4 Å². The van der Waals surface area contributed by atoms with Crippen LogP contribution >= 0.6 is 0 Å². The topological polar surface area (TPSA) is 61.8 Å². The third kappa shape index (κ3) is 2.88. The Labute approximate surface area is 165 Å². The molecule has 28 heavy (non-hydrogen) atoms. The number of nitrogens with zero attached hydrogens (tertiary/aromatic N) is 2. The molecule has 1 aromatic carbocycles. The fraction of sp³-hybridized carbons (Fsp3) is 0.522. The summed E-state index contributed by atoms with van der Waals surface area (Å²) in [5.74, 6) is 1.45. The number of aliphatic imine (C=N–C) groups is 1. The van der Waals surface area contributed by atoms with Crippen LogP contribution in [-0.2, 0) is 9.59 Å². The van der Waals surface area contributed by atoms with Crippen LogP contribution in [0.5, 0.6) is 0 Å². The lowest BCUT2D eigenvalue weighted by atomic mass is 9.85. The van der Waals surface area contributed by atoms with E-state index in [0.717, 1.165) is 37.8 Å². The van der Waals surface area contributed by atoms with Gasteiger partial charge in [0.05, 0.1) is 0 Å². The molecule has 2 amide bonds. The molecule has 1 aromatic rings. The van der Waals surface area contributed by atoms with Crippen LogP contribution in [0.3, 0.4) is 0 Å². The third-order valence-electron chi connectivity index (χ3n) is 7.05. The van der Waals surface area contributed by atoms with Gasteiger partial charge in [0.25, 0.3) is 5.91 Å². The molecule has 5 rings (SSSR count). The van der Waals surface area contributed by atoms with Gasteiger partial charge in [0.1, 0.15) is 11.4 Å². The summed E-state index contributed by atoms with van der Waals surface area (Å²) >= 11 is 0. The first-order valence-electron chi connectivity index (χ1n) is 10.6. The molecular weight excluding hydrogens is 350 g/mol. The van der Waals surface area contributed by atoms with Crippen LogP contribution in [0.2, 0.25) is 0 Å². The first kappa shape index (κ1) is 17.7. The number of hydrogen-bond donors (Lipinski definition) is 1. The minimum absolute atomic E-state index is 0.0168. The largest absolute Gasteiger partial charge is 0.342 e. The number of allylic oxidation sites excluding steroid dienone is 1. The van der Waals surface area contributed by atoms with Crippen LogP contribution in [0.1, 0.15) is 50.5 Å². The van der Waals surface area contributed by atoms with Gasteiger partial charge in [-0.25, -0.2) is 0 Å². The Bertz CT molecular complexity index is 860. The van der Waals surface area contributed by atoms with Crippen molar-refractivity contribution < 1.29 is 9.59 Å². The van der Waals surface area contributed by atoms with Crippen LogP contribution in [0.25, 0.3) is 0 Å². The highest BCUT2D eigenvalue weighted by molar-refractivity contribution is 6.15. The van der Waals surface area contributed by atoms with Crippen molar-refractivity contribution in [2.24, 2.45) is 16.8 Å². The van der Waals surface area contributed by atoms with E-state index >= 15 is 0 Å². The smallest absolute Gasteiger partial charge is 0.253 e. The maximum Gasteiger partial charge on any atom is 0.253 e. The molecule has 2 fully saturated rings. The zero-order valence-corrected chi connectivity index (χ0v) is 16.2. The number of fused-ring (bicyclic) bond motifs is 2. The molecule has 1 saturated heterocycles. The van der Waals surface area contributed by atoms with Gasteiger partial charge < -0.3 is 10.2 Å². The number of hydrogen-bond acceptors (Lipinski definition) is 3. The molecule has 3 atom stereocenters. The molecule has 2 aliphatic carbocycles. The van der Waals surface area contributed by atoms with E-state index in [0.29, 0.717) is 24.7 Å². The number of rotatable bonds is 3. The maximum atomic E-state index is 13.0. The monoisotopic (exact) mass is 377 g/mol. The molecule has 2 heterocycles. The molecule has 5 nitrogen and oxygen atoms in total. The number of amidine groups is 1. The highest BCUT2D eigenvalue weighted by Gasteiger charge is 2.59. The van der Waals surface area contributed by atoms with Gasteiger partial charge in [-0.1, -0.05) is 42.0 Å².